The van der Waals surface area contributed by atoms with Crippen molar-refractivity contribution in [1.29, 1.82) is 0 Å². The van der Waals surface area contributed by atoms with Crippen LogP contribution in [0.25, 0.3) is 0 Å². The van der Waals surface area contributed by atoms with Crippen LogP contribution in [0, 0.1) is 5.92 Å². The molecule has 1 aliphatic heterocycles. The fourth-order valence-corrected chi connectivity index (χ4v) is 2.09. The van der Waals surface area contributed by atoms with Gasteiger partial charge in [0.1, 0.15) is 0 Å². The summed E-state index contributed by atoms with van der Waals surface area (Å²) in [5.41, 5.74) is 0. The Morgan fingerprint density at radius 1 is 1.43 bits per heavy atom. The first-order valence-electron chi connectivity index (χ1n) is 5.74. The van der Waals surface area contributed by atoms with E-state index in [0.29, 0.717) is 6.04 Å². The average Bonchev–Trinajstić information content (AvgIpc) is 2.99. The largest absolute Gasteiger partial charge is 0.341 e. The van der Waals surface area contributed by atoms with E-state index in [2.05, 4.69) is 5.32 Å². The minimum absolute atomic E-state index is 0.225. The molecule has 0 bridgehead atoms. The summed E-state index contributed by atoms with van der Waals surface area (Å²) in [5, 5.41) is 3.57. The predicted molar refractivity (Wildman–Crippen MR) is 56.0 cm³/mol. The SMILES string of the molecule is CC(=O)N1CCCC(NCC2CC2)C1. The van der Waals surface area contributed by atoms with Crippen molar-refractivity contribution in [3.05, 3.63) is 0 Å². The highest BCUT2D eigenvalue weighted by molar-refractivity contribution is 5.73. The van der Waals surface area contributed by atoms with Crippen LogP contribution >= 0.6 is 0 Å². The second-order valence-corrected chi connectivity index (χ2v) is 4.66. The van der Waals surface area contributed by atoms with Crippen molar-refractivity contribution in [1.82, 2.24) is 10.2 Å². The summed E-state index contributed by atoms with van der Waals surface area (Å²) in [5.74, 6) is 1.16. The highest BCUT2D eigenvalue weighted by Crippen LogP contribution is 2.28. The molecule has 0 aromatic carbocycles. The van der Waals surface area contributed by atoms with Crippen LogP contribution in [0.2, 0.25) is 0 Å². The van der Waals surface area contributed by atoms with E-state index in [1.54, 1.807) is 6.92 Å². The molecule has 80 valence electrons. The molecule has 0 spiro atoms. The monoisotopic (exact) mass is 196 g/mol. The molecule has 14 heavy (non-hydrogen) atoms. The Balaban J connectivity index is 1.72. The van der Waals surface area contributed by atoms with E-state index in [0.717, 1.165) is 32.0 Å². The lowest BCUT2D eigenvalue weighted by atomic mass is 10.1. The number of carbonyl (C=O) groups is 1. The fourth-order valence-electron chi connectivity index (χ4n) is 2.09. The lowest BCUT2D eigenvalue weighted by molar-refractivity contribution is -0.130. The molecule has 1 atom stereocenters. The van der Waals surface area contributed by atoms with Crippen LogP contribution in [0.15, 0.2) is 0 Å². The molecule has 3 heteroatoms. The van der Waals surface area contributed by atoms with Crippen LogP contribution in [0.5, 0.6) is 0 Å². The third-order valence-electron chi connectivity index (χ3n) is 3.26. The Labute approximate surface area is 85.8 Å². The molecule has 1 N–H and O–H groups in total. The molecule has 2 fully saturated rings. The maximum atomic E-state index is 11.2. The van der Waals surface area contributed by atoms with E-state index >= 15 is 0 Å². The molecule has 0 aromatic rings. The van der Waals surface area contributed by atoms with E-state index in [-0.39, 0.29) is 5.91 Å². The third kappa shape index (κ3) is 2.71. The molecule has 1 heterocycles. The van der Waals surface area contributed by atoms with E-state index in [9.17, 15) is 4.79 Å². The molecular weight excluding hydrogens is 176 g/mol. The van der Waals surface area contributed by atoms with Crippen molar-refractivity contribution < 1.29 is 4.79 Å². The summed E-state index contributed by atoms with van der Waals surface area (Å²) < 4.78 is 0. The van der Waals surface area contributed by atoms with Crippen LogP contribution in [-0.4, -0.2) is 36.5 Å². The Morgan fingerprint density at radius 2 is 2.21 bits per heavy atom. The maximum Gasteiger partial charge on any atom is 0.219 e. The van der Waals surface area contributed by atoms with Gasteiger partial charge in [-0.15, -0.1) is 0 Å². The minimum atomic E-state index is 0.225. The quantitative estimate of drug-likeness (QED) is 0.730. The first-order valence-corrected chi connectivity index (χ1v) is 5.74. The molecule has 3 nitrogen and oxygen atoms in total. The molecule has 0 aromatic heterocycles. The predicted octanol–water partition coefficient (Wildman–Crippen LogP) is 0.997. The fraction of sp³-hybridized carbons (Fsp3) is 0.909. The summed E-state index contributed by atoms with van der Waals surface area (Å²) in [6, 6.07) is 0.549. The number of likely N-dealkylation sites (tertiary alicyclic amines) is 1. The van der Waals surface area contributed by atoms with Gasteiger partial charge >= 0.3 is 0 Å². The van der Waals surface area contributed by atoms with Crippen molar-refractivity contribution in [2.45, 2.75) is 38.6 Å². The molecule has 1 aliphatic carbocycles. The van der Waals surface area contributed by atoms with Gasteiger partial charge in [-0.3, -0.25) is 4.79 Å². The summed E-state index contributed by atoms with van der Waals surface area (Å²) in [7, 11) is 0. The number of amides is 1. The van der Waals surface area contributed by atoms with E-state index in [4.69, 9.17) is 0 Å². The first-order chi connectivity index (χ1) is 6.75. The first kappa shape index (κ1) is 9.97. The van der Waals surface area contributed by atoms with E-state index < -0.39 is 0 Å². The topological polar surface area (TPSA) is 32.3 Å². The van der Waals surface area contributed by atoms with Crippen molar-refractivity contribution in [2.75, 3.05) is 19.6 Å². The van der Waals surface area contributed by atoms with Gasteiger partial charge in [-0.25, -0.2) is 0 Å². The number of nitrogens with zero attached hydrogens (tertiary/aromatic N) is 1. The lowest BCUT2D eigenvalue weighted by Gasteiger charge is -2.32. The molecule has 1 amide bonds. The lowest BCUT2D eigenvalue weighted by Crippen LogP contribution is -2.47. The van der Waals surface area contributed by atoms with E-state index in [1.165, 1.54) is 19.3 Å². The van der Waals surface area contributed by atoms with Gasteiger partial charge in [-0.1, -0.05) is 0 Å². The average molecular weight is 196 g/mol. The zero-order chi connectivity index (χ0) is 9.97. The molecular formula is C11H20N2O. The third-order valence-corrected chi connectivity index (χ3v) is 3.26. The molecule has 1 saturated heterocycles. The Morgan fingerprint density at radius 3 is 2.86 bits per heavy atom. The standard InChI is InChI=1S/C11H20N2O/c1-9(14)13-6-2-3-11(8-13)12-7-10-4-5-10/h10-12H,2-8H2,1H3. The smallest absolute Gasteiger partial charge is 0.219 e. The molecule has 0 radical (unpaired) electrons. The number of hydrogen-bond donors (Lipinski definition) is 1. The van der Waals surface area contributed by atoms with Gasteiger partial charge in [0.05, 0.1) is 0 Å². The summed E-state index contributed by atoms with van der Waals surface area (Å²) in [6.45, 7) is 4.71. The van der Waals surface area contributed by atoms with Gasteiger partial charge in [-0.05, 0) is 38.1 Å². The highest BCUT2D eigenvalue weighted by Gasteiger charge is 2.25. The zero-order valence-electron chi connectivity index (χ0n) is 8.96. The summed E-state index contributed by atoms with van der Waals surface area (Å²) >= 11 is 0. The van der Waals surface area contributed by atoms with E-state index in [1.807, 2.05) is 4.90 Å². The number of nitrogens with one attached hydrogen (secondary N) is 1. The van der Waals surface area contributed by atoms with Crippen LogP contribution in [0.1, 0.15) is 32.6 Å². The number of carbonyl (C=O) groups excluding carboxylic acids is 1. The summed E-state index contributed by atoms with van der Waals surface area (Å²) in [6.07, 6.45) is 5.19. The van der Waals surface area contributed by atoms with Gasteiger partial charge in [0, 0.05) is 26.1 Å². The Bertz CT molecular complexity index is 213. The Hall–Kier alpha value is -0.570. The van der Waals surface area contributed by atoms with Crippen LogP contribution in [0.3, 0.4) is 0 Å². The second-order valence-electron chi connectivity index (χ2n) is 4.66. The van der Waals surface area contributed by atoms with Crippen molar-refractivity contribution >= 4 is 5.91 Å². The van der Waals surface area contributed by atoms with Gasteiger partial charge in [0.2, 0.25) is 5.91 Å². The molecule has 2 aliphatic rings. The van der Waals surface area contributed by atoms with Gasteiger partial charge in [0.25, 0.3) is 0 Å². The number of piperidine rings is 1. The molecule has 1 unspecified atom stereocenters. The highest BCUT2D eigenvalue weighted by atomic mass is 16.2. The van der Waals surface area contributed by atoms with Crippen LogP contribution in [-0.2, 0) is 4.79 Å². The van der Waals surface area contributed by atoms with Crippen molar-refractivity contribution in [3.8, 4) is 0 Å². The number of rotatable bonds is 3. The van der Waals surface area contributed by atoms with Gasteiger partial charge < -0.3 is 10.2 Å². The second kappa shape index (κ2) is 4.30. The van der Waals surface area contributed by atoms with Crippen LogP contribution in [0.4, 0.5) is 0 Å². The van der Waals surface area contributed by atoms with Crippen LogP contribution < -0.4 is 5.32 Å². The number of hydrogen-bond acceptors (Lipinski definition) is 2. The normalized spacial score (nSPS) is 27.8. The van der Waals surface area contributed by atoms with Gasteiger partial charge in [-0.2, -0.15) is 0 Å². The zero-order valence-corrected chi connectivity index (χ0v) is 8.96. The minimum Gasteiger partial charge on any atom is -0.341 e. The van der Waals surface area contributed by atoms with Gasteiger partial charge in [0.15, 0.2) is 0 Å². The molecule has 2 rings (SSSR count). The van der Waals surface area contributed by atoms with Crippen molar-refractivity contribution in [2.24, 2.45) is 5.92 Å². The maximum absolute atomic E-state index is 11.2. The summed E-state index contributed by atoms with van der Waals surface area (Å²) in [4.78, 5) is 13.2. The van der Waals surface area contributed by atoms with Crippen molar-refractivity contribution in [3.63, 3.8) is 0 Å². The Kier molecular flexibility index (Phi) is 3.06. The molecule has 1 saturated carbocycles.